The van der Waals surface area contributed by atoms with Crippen LogP contribution in [0, 0.1) is 0 Å². The molecule has 11 atom stereocenters. The van der Waals surface area contributed by atoms with E-state index in [0.717, 1.165) is 10.9 Å². The number of aliphatic hydroxyl groups excluding tert-OH is 5. The first kappa shape index (κ1) is 41.6. The highest BCUT2D eigenvalue weighted by molar-refractivity contribution is 7.61. The summed E-state index contributed by atoms with van der Waals surface area (Å²) in [6.45, 7) is -1.67. The number of fused-ring (bicyclic) bond motifs is 1. The van der Waals surface area contributed by atoms with Gasteiger partial charge in [0.25, 0.3) is 11.5 Å². The molecule has 4 aromatic rings. The first-order chi connectivity index (χ1) is 26.4. The average Bonchev–Trinajstić information content (AvgIpc) is 3.69. The van der Waals surface area contributed by atoms with Crippen LogP contribution in [0.4, 0.5) is 5.95 Å². The average molecular weight is 847 g/mol. The SMILES string of the molecule is Nc1nc2c(ncn2[C@@H]2O[C@H](COP(=O)(O)OP(=O)(O)O[C@H]3O[C@@H](CNC(=O)c4ccccc4C(=O)c4ccc(Cl)cc4)[C@@H](O)[C@@H](O)[C@@H]3O)[C@@H](O)[C@H]2O)c(=O)[nH]1. The summed E-state index contributed by atoms with van der Waals surface area (Å²) >= 11 is 5.90. The highest BCUT2D eigenvalue weighted by Crippen LogP contribution is 2.61. The molecule has 0 radical (unpaired) electrons. The Morgan fingerprint density at radius 2 is 1.57 bits per heavy atom. The molecule has 0 spiro atoms. The van der Waals surface area contributed by atoms with E-state index in [0.29, 0.717) is 5.02 Å². The number of ketones is 1. The van der Waals surface area contributed by atoms with Gasteiger partial charge in [-0.25, -0.2) is 14.1 Å². The minimum absolute atomic E-state index is 0.000601. The lowest BCUT2D eigenvalue weighted by molar-refractivity contribution is -0.273. The molecule has 11 N–H and O–H groups in total. The van der Waals surface area contributed by atoms with Gasteiger partial charge < -0.3 is 55.8 Å². The van der Waals surface area contributed by atoms with E-state index in [1.807, 2.05) is 0 Å². The maximum Gasteiger partial charge on any atom is 0.483 e. The van der Waals surface area contributed by atoms with Crippen molar-refractivity contribution < 1.29 is 76.9 Å². The van der Waals surface area contributed by atoms with Crippen LogP contribution in [0.15, 0.2) is 59.7 Å². The monoisotopic (exact) mass is 846 g/mol. The number of nitrogens with two attached hydrogens (primary N) is 1. The second-order valence-electron chi connectivity index (χ2n) is 12.3. The van der Waals surface area contributed by atoms with Crippen LogP contribution in [0.5, 0.6) is 0 Å². The van der Waals surface area contributed by atoms with Gasteiger partial charge in [0.15, 0.2) is 29.5 Å². The van der Waals surface area contributed by atoms with Gasteiger partial charge in [0.05, 0.1) is 18.5 Å². The fraction of sp³-hybridized carbons (Fsp3) is 0.367. The summed E-state index contributed by atoms with van der Waals surface area (Å²) in [7, 11) is -11.4. The molecule has 26 heteroatoms. The Bertz CT molecular complexity index is 2260. The predicted molar refractivity (Wildman–Crippen MR) is 187 cm³/mol. The summed E-state index contributed by atoms with van der Waals surface area (Å²) in [5, 5.41) is 55.2. The predicted octanol–water partition coefficient (Wildman–Crippen LogP) is -1.31. The zero-order valence-corrected chi connectivity index (χ0v) is 30.8. The molecule has 23 nitrogen and oxygen atoms in total. The number of benzene rings is 2. The van der Waals surface area contributed by atoms with Gasteiger partial charge in [-0.1, -0.05) is 29.8 Å². The van der Waals surface area contributed by atoms with Crippen molar-refractivity contribution in [2.45, 2.75) is 55.2 Å². The minimum Gasteiger partial charge on any atom is -0.388 e. The summed E-state index contributed by atoms with van der Waals surface area (Å²) in [5.41, 5.74) is 4.67. The van der Waals surface area contributed by atoms with Crippen molar-refractivity contribution in [2.24, 2.45) is 0 Å². The molecule has 2 fully saturated rings. The Morgan fingerprint density at radius 3 is 2.27 bits per heavy atom. The number of halogens is 1. The molecule has 4 heterocycles. The lowest BCUT2D eigenvalue weighted by Gasteiger charge is -2.40. The molecule has 56 heavy (non-hydrogen) atoms. The van der Waals surface area contributed by atoms with E-state index in [2.05, 4.69) is 24.6 Å². The van der Waals surface area contributed by atoms with E-state index in [9.17, 15) is 58.8 Å². The van der Waals surface area contributed by atoms with Crippen molar-refractivity contribution in [3.05, 3.63) is 86.9 Å². The van der Waals surface area contributed by atoms with Gasteiger partial charge in [0, 0.05) is 22.7 Å². The Balaban J connectivity index is 1.06. The van der Waals surface area contributed by atoms with E-state index in [1.165, 1.54) is 48.5 Å². The van der Waals surface area contributed by atoms with Crippen molar-refractivity contribution in [2.75, 3.05) is 18.9 Å². The van der Waals surface area contributed by atoms with Crippen molar-refractivity contribution in [1.82, 2.24) is 24.8 Å². The zero-order chi connectivity index (χ0) is 40.7. The van der Waals surface area contributed by atoms with Gasteiger partial charge in [-0.2, -0.15) is 9.29 Å². The largest absolute Gasteiger partial charge is 0.483 e. The zero-order valence-electron chi connectivity index (χ0n) is 28.2. The van der Waals surface area contributed by atoms with E-state index >= 15 is 0 Å². The third-order valence-electron chi connectivity index (χ3n) is 8.56. The first-order valence-electron chi connectivity index (χ1n) is 16.2. The normalized spacial score (nSPS) is 28.8. The molecule has 1 amide bonds. The van der Waals surface area contributed by atoms with Crippen LogP contribution in [0.1, 0.15) is 32.5 Å². The number of aromatic nitrogens is 4. The van der Waals surface area contributed by atoms with Crippen LogP contribution in [-0.4, -0.2) is 129 Å². The number of aromatic amines is 1. The van der Waals surface area contributed by atoms with Gasteiger partial charge in [-0.3, -0.25) is 33.0 Å². The van der Waals surface area contributed by atoms with Crippen molar-refractivity contribution >= 4 is 56.0 Å². The number of phosphoric acid groups is 2. The number of phosphoric ester groups is 2. The second-order valence-corrected chi connectivity index (χ2v) is 15.8. The van der Waals surface area contributed by atoms with E-state index < -0.39 is 101 Å². The number of imidazole rings is 1. The summed E-state index contributed by atoms with van der Waals surface area (Å²) < 4.78 is 51.0. The van der Waals surface area contributed by atoms with Gasteiger partial charge in [-0.05, 0) is 30.3 Å². The number of nitrogens with one attached hydrogen (secondary N) is 2. The number of hydrogen-bond acceptors (Lipinski definition) is 18. The minimum atomic E-state index is -5.77. The lowest BCUT2D eigenvalue weighted by Crippen LogP contribution is -2.60. The van der Waals surface area contributed by atoms with E-state index in [4.69, 9.17) is 35.9 Å². The number of rotatable bonds is 13. The van der Waals surface area contributed by atoms with Crippen LogP contribution < -0.4 is 16.6 Å². The number of ether oxygens (including phenoxy) is 2. The highest BCUT2D eigenvalue weighted by atomic mass is 35.5. The number of carbonyl (C=O) groups is 2. The molecule has 0 aliphatic carbocycles. The summed E-state index contributed by atoms with van der Waals surface area (Å²) in [5.74, 6) is -1.65. The highest BCUT2D eigenvalue weighted by Gasteiger charge is 2.50. The number of nitrogen functional groups attached to an aromatic ring is 1. The Morgan fingerprint density at radius 1 is 0.911 bits per heavy atom. The fourth-order valence-electron chi connectivity index (χ4n) is 5.79. The Hall–Kier alpha value is -4.00. The molecule has 2 aliphatic rings. The van der Waals surface area contributed by atoms with Crippen LogP contribution in [0.2, 0.25) is 5.02 Å². The number of amides is 1. The van der Waals surface area contributed by atoms with Gasteiger partial charge in [-0.15, -0.1) is 0 Å². The molecule has 0 saturated carbocycles. The number of nitrogens with zero attached hydrogens (tertiary/aromatic N) is 3. The molecular formula is C30H33ClN6O17P2. The lowest BCUT2D eigenvalue weighted by atomic mass is 9.97. The van der Waals surface area contributed by atoms with Crippen LogP contribution in [-0.2, 0) is 32.0 Å². The molecular weight excluding hydrogens is 814 g/mol. The Labute approximate surface area is 318 Å². The Kier molecular flexibility index (Phi) is 12.2. The summed E-state index contributed by atoms with van der Waals surface area (Å²) in [6, 6.07) is 11.7. The maximum absolute atomic E-state index is 13.2. The van der Waals surface area contributed by atoms with Crippen molar-refractivity contribution in [1.29, 1.82) is 0 Å². The summed E-state index contributed by atoms with van der Waals surface area (Å²) in [6.07, 6.45) is -15.8. The maximum atomic E-state index is 13.2. The number of hydrogen-bond donors (Lipinski definition) is 10. The van der Waals surface area contributed by atoms with E-state index in [1.54, 1.807) is 0 Å². The topological polar surface area (TPSA) is 358 Å². The smallest absolute Gasteiger partial charge is 0.388 e. The molecule has 2 saturated heterocycles. The molecule has 2 unspecified atom stereocenters. The van der Waals surface area contributed by atoms with Gasteiger partial charge in [0.1, 0.15) is 42.7 Å². The van der Waals surface area contributed by atoms with Gasteiger partial charge in [0.2, 0.25) is 5.95 Å². The van der Waals surface area contributed by atoms with Crippen LogP contribution in [0.3, 0.4) is 0 Å². The molecule has 302 valence electrons. The van der Waals surface area contributed by atoms with Crippen molar-refractivity contribution in [3.8, 4) is 0 Å². The molecule has 0 bridgehead atoms. The van der Waals surface area contributed by atoms with E-state index in [-0.39, 0.29) is 33.8 Å². The van der Waals surface area contributed by atoms with Crippen LogP contribution in [0.25, 0.3) is 11.2 Å². The molecule has 6 rings (SSSR count). The van der Waals surface area contributed by atoms with Crippen molar-refractivity contribution in [3.63, 3.8) is 0 Å². The number of aliphatic hydroxyl groups is 5. The fourth-order valence-corrected chi connectivity index (χ4v) is 8.08. The quantitative estimate of drug-likeness (QED) is 0.0552. The number of H-pyrrole nitrogens is 1. The second kappa shape index (κ2) is 16.5. The van der Waals surface area contributed by atoms with Gasteiger partial charge >= 0.3 is 15.6 Å². The number of anilines is 1. The third kappa shape index (κ3) is 8.92. The summed E-state index contributed by atoms with van der Waals surface area (Å²) in [4.78, 5) is 68.9. The molecule has 2 aromatic carbocycles. The first-order valence-corrected chi connectivity index (χ1v) is 19.5. The molecule has 2 aromatic heterocycles. The van der Waals surface area contributed by atoms with Crippen LogP contribution >= 0.6 is 27.2 Å². The standard InChI is InChI=1S/C30H33ClN6O17P2/c31-13-7-5-12(6-8-13)19(38)14-3-1-2-4-15(14)26(44)33-9-16-20(39)22(41)24(43)29(52-16)53-56(48,49)54-55(46,47)50-10-17-21(40)23(42)28(51-17)37-11-34-18-25(37)35-30(32)36-27(18)45/h1-8,11,16-17,20-24,28-29,39-43H,9-10H2,(H,33,44)(H,46,47)(H,48,49)(H3,32,35,36,45)/t16-,17+,20+,21+,22+,23+,24-,28+,29+/m0/s1. The number of carbonyl (C=O) groups excluding carboxylic acids is 2. The molecule has 2 aliphatic heterocycles. The third-order valence-corrected chi connectivity index (χ3v) is 11.4.